The van der Waals surface area contributed by atoms with E-state index in [0.717, 1.165) is 30.2 Å². The first-order valence-corrected chi connectivity index (χ1v) is 7.67. The van der Waals surface area contributed by atoms with E-state index < -0.39 is 0 Å². The third-order valence-electron chi connectivity index (χ3n) is 3.19. The Labute approximate surface area is 143 Å². The Hall–Kier alpha value is -1.78. The second-order valence-corrected chi connectivity index (χ2v) is 5.59. The molecule has 1 heterocycles. The third kappa shape index (κ3) is 5.73. The Kier molecular flexibility index (Phi) is 7.86. The van der Waals surface area contributed by atoms with Gasteiger partial charge in [-0.1, -0.05) is 26.0 Å². The van der Waals surface area contributed by atoms with E-state index in [-0.39, 0.29) is 18.4 Å². The molecule has 126 valence electrons. The monoisotopic (exact) mass is 337 g/mol. The first kappa shape index (κ1) is 19.3. The fourth-order valence-electron chi connectivity index (χ4n) is 2.10. The normalized spacial score (nSPS) is 10.4. The van der Waals surface area contributed by atoms with Crippen molar-refractivity contribution in [3.63, 3.8) is 0 Å². The van der Waals surface area contributed by atoms with Crippen molar-refractivity contribution in [1.82, 2.24) is 5.32 Å². The first-order chi connectivity index (χ1) is 10.6. The number of furan rings is 1. The minimum Gasteiger partial charge on any atom is -0.462 e. The van der Waals surface area contributed by atoms with Crippen LogP contribution >= 0.6 is 12.4 Å². The SMILES string of the molecule is CCOC(=O)c1ccc(-c2ccc(CNCC(C)C)o2)cc1.Cl. The summed E-state index contributed by atoms with van der Waals surface area (Å²) >= 11 is 0. The van der Waals surface area contributed by atoms with Gasteiger partial charge in [0.1, 0.15) is 11.5 Å². The van der Waals surface area contributed by atoms with Crippen LogP contribution in [-0.4, -0.2) is 19.1 Å². The van der Waals surface area contributed by atoms with E-state index in [0.29, 0.717) is 18.1 Å². The zero-order valence-corrected chi connectivity index (χ0v) is 14.6. The van der Waals surface area contributed by atoms with E-state index >= 15 is 0 Å². The molecule has 0 unspecified atom stereocenters. The molecule has 1 N–H and O–H groups in total. The number of carbonyl (C=O) groups excluding carboxylic acids is 1. The van der Waals surface area contributed by atoms with Gasteiger partial charge >= 0.3 is 5.97 Å². The van der Waals surface area contributed by atoms with Crippen molar-refractivity contribution >= 4 is 18.4 Å². The van der Waals surface area contributed by atoms with Gasteiger partial charge in [-0.3, -0.25) is 0 Å². The standard InChI is InChI=1S/C18H23NO3.ClH/c1-4-21-18(20)15-7-5-14(6-8-15)17-10-9-16(22-17)12-19-11-13(2)3;/h5-10,13,19H,4,11-12H2,1-3H3;1H. The maximum atomic E-state index is 11.6. The quantitative estimate of drug-likeness (QED) is 0.766. The molecule has 0 aliphatic heterocycles. The Balaban J connectivity index is 0.00000264. The van der Waals surface area contributed by atoms with E-state index in [1.165, 1.54) is 0 Å². The predicted molar refractivity (Wildman–Crippen MR) is 93.9 cm³/mol. The lowest BCUT2D eigenvalue weighted by Gasteiger charge is -2.05. The van der Waals surface area contributed by atoms with Crippen molar-refractivity contribution in [2.24, 2.45) is 5.92 Å². The Morgan fingerprint density at radius 1 is 1.17 bits per heavy atom. The number of hydrogen-bond acceptors (Lipinski definition) is 4. The van der Waals surface area contributed by atoms with Crippen LogP contribution < -0.4 is 5.32 Å². The lowest BCUT2D eigenvalue weighted by molar-refractivity contribution is 0.0526. The summed E-state index contributed by atoms with van der Waals surface area (Å²) in [7, 11) is 0. The Morgan fingerprint density at radius 2 is 1.87 bits per heavy atom. The first-order valence-electron chi connectivity index (χ1n) is 7.67. The molecule has 2 aromatic rings. The number of carbonyl (C=O) groups is 1. The molecular weight excluding hydrogens is 314 g/mol. The van der Waals surface area contributed by atoms with E-state index in [2.05, 4.69) is 19.2 Å². The van der Waals surface area contributed by atoms with Gasteiger partial charge in [-0.05, 0) is 43.7 Å². The maximum absolute atomic E-state index is 11.6. The van der Waals surface area contributed by atoms with Crippen LogP contribution in [0.4, 0.5) is 0 Å². The average Bonchev–Trinajstić information content (AvgIpc) is 2.96. The fraction of sp³-hybridized carbons (Fsp3) is 0.389. The lowest BCUT2D eigenvalue weighted by Crippen LogP contribution is -2.18. The highest BCUT2D eigenvalue weighted by Gasteiger charge is 2.08. The van der Waals surface area contributed by atoms with Gasteiger partial charge in [-0.15, -0.1) is 12.4 Å². The number of nitrogens with one attached hydrogen (secondary N) is 1. The molecule has 4 nitrogen and oxygen atoms in total. The molecular formula is C18H24ClNO3. The van der Waals surface area contributed by atoms with E-state index in [4.69, 9.17) is 9.15 Å². The van der Waals surface area contributed by atoms with Crippen molar-refractivity contribution in [2.45, 2.75) is 27.3 Å². The van der Waals surface area contributed by atoms with Crippen LogP contribution in [0.1, 0.15) is 36.9 Å². The maximum Gasteiger partial charge on any atom is 0.338 e. The lowest BCUT2D eigenvalue weighted by atomic mass is 10.1. The summed E-state index contributed by atoms with van der Waals surface area (Å²) < 4.78 is 10.8. The number of hydrogen-bond donors (Lipinski definition) is 1. The van der Waals surface area contributed by atoms with E-state index in [1.54, 1.807) is 19.1 Å². The fourth-order valence-corrected chi connectivity index (χ4v) is 2.10. The van der Waals surface area contributed by atoms with Crippen molar-refractivity contribution in [3.8, 4) is 11.3 Å². The molecule has 1 aromatic carbocycles. The summed E-state index contributed by atoms with van der Waals surface area (Å²) in [6.07, 6.45) is 0. The predicted octanol–water partition coefficient (Wildman–Crippen LogP) is 4.29. The van der Waals surface area contributed by atoms with Gasteiger partial charge in [-0.2, -0.15) is 0 Å². The molecule has 5 heteroatoms. The number of rotatable bonds is 7. The molecule has 2 rings (SSSR count). The largest absolute Gasteiger partial charge is 0.462 e. The smallest absolute Gasteiger partial charge is 0.338 e. The molecule has 0 fully saturated rings. The van der Waals surface area contributed by atoms with E-state index in [9.17, 15) is 4.79 Å². The van der Waals surface area contributed by atoms with Crippen molar-refractivity contribution < 1.29 is 13.9 Å². The molecule has 23 heavy (non-hydrogen) atoms. The number of esters is 1. The number of halogens is 1. The highest BCUT2D eigenvalue weighted by atomic mass is 35.5. The van der Waals surface area contributed by atoms with Crippen molar-refractivity contribution in [1.29, 1.82) is 0 Å². The van der Waals surface area contributed by atoms with Crippen LogP contribution in [0.2, 0.25) is 0 Å². The van der Waals surface area contributed by atoms with Gasteiger partial charge in [0.05, 0.1) is 18.7 Å². The van der Waals surface area contributed by atoms with Crippen LogP contribution in [-0.2, 0) is 11.3 Å². The van der Waals surface area contributed by atoms with Crippen molar-refractivity contribution in [3.05, 3.63) is 47.7 Å². The van der Waals surface area contributed by atoms with Crippen LogP contribution in [0.3, 0.4) is 0 Å². The zero-order valence-electron chi connectivity index (χ0n) is 13.8. The highest BCUT2D eigenvalue weighted by Crippen LogP contribution is 2.22. The van der Waals surface area contributed by atoms with Gasteiger partial charge in [0.15, 0.2) is 0 Å². The molecule has 0 aliphatic carbocycles. The Bertz CT molecular complexity index is 605. The zero-order chi connectivity index (χ0) is 15.9. The summed E-state index contributed by atoms with van der Waals surface area (Å²) in [6.45, 7) is 8.20. The van der Waals surface area contributed by atoms with Gasteiger partial charge in [0.25, 0.3) is 0 Å². The van der Waals surface area contributed by atoms with Gasteiger partial charge in [-0.25, -0.2) is 4.79 Å². The molecule has 0 radical (unpaired) electrons. The summed E-state index contributed by atoms with van der Waals surface area (Å²) in [5, 5.41) is 3.35. The van der Waals surface area contributed by atoms with Gasteiger partial charge in [0.2, 0.25) is 0 Å². The topological polar surface area (TPSA) is 51.5 Å². The van der Waals surface area contributed by atoms with Gasteiger partial charge in [0, 0.05) is 5.56 Å². The molecule has 0 amide bonds. The number of ether oxygens (including phenoxy) is 1. The third-order valence-corrected chi connectivity index (χ3v) is 3.19. The van der Waals surface area contributed by atoms with Crippen molar-refractivity contribution in [2.75, 3.05) is 13.2 Å². The summed E-state index contributed by atoms with van der Waals surface area (Å²) in [4.78, 5) is 11.6. The van der Waals surface area contributed by atoms with E-state index in [1.807, 2.05) is 24.3 Å². The van der Waals surface area contributed by atoms with Gasteiger partial charge < -0.3 is 14.5 Å². The van der Waals surface area contributed by atoms with Crippen LogP contribution in [0.25, 0.3) is 11.3 Å². The van der Waals surface area contributed by atoms with Crippen LogP contribution in [0, 0.1) is 5.92 Å². The molecule has 0 bridgehead atoms. The molecule has 1 aromatic heterocycles. The molecule has 0 atom stereocenters. The molecule has 0 saturated heterocycles. The molecule has 0 saturated carbocycles. The minimum absolute atomic E-state index is 0. The molecule has 0 aliphatic rings. The minimum atomic E-state index is -0.299. The average molecular weight is 338 g/mol. The summed E-state index contributed by atoms with van der Waals surface area (Å²) in [5.74, 6) is 2.03. The highest BCUT2D eigenvalue weighted by molar-refractivity contribution is 5.89. The second kappa shape index (κ2) is 9.38. The number of benzene rings is 1. The summed E-state index contributed by atoms with van der Waals surface area (Å²) in [6, 6.07) is 11.2. The van der Waals surface area contributed by atoms with Crippen LogP contribution in [0.5, 0.6) is 0 Å². The molecule has 0 spiro atoms. The Morgan fingerprint density at radius 3 is 2.48 bits per heavy atom. The second-order valence-electron chi connectivity index (χ2n) is 5.59. The summed E-state index contributed by atoms with van der Waals surface area (Å²) in [5.41, 5.74) is 1.50. The van der Waals surface area contributed by atoms with Crippen LogP contribution in [0.15, 0.2) is 40.8 Å².